The molecule has 2 atom stereocenters. The molecule has 0 spiro atoms. The standard InChI is InChI=1S/C33H37BrFN3O4S/c1-18-29-27(41-5)11-21(31(39)37-16-23(35)14-24(17-37)36-32(40)42-33(2,3)4)12-28(29)43-30(18)26-10-20-8-9-22(34)13-25(20)38(26)15-19-6-7-19/h8-13,19,23-24H,6-7,14-17H2,1-5H3,(H,36,40)/t23-,24-/m1/s1. The highest BCUT2D eigenvalue weighted by Gasteiger charge is 2.33. The number of piperidine rings is 1. The van der Waals surface area contributed by atoms with Gasteiger partial charge < -0.3 is 24.3 Å². The number of benzene rings is 2. The molecule has 7 nitrogen and oxygen atoms in total. The molecule has 6 rings (SSSR count). The number of carbonyl (C=O) groups excluding carboxylic acids is 2. The first-order valence-electron chi connectivity index (χ1n) is 14.7. The molecular formula is C33H37BrFN3O4S. The van der Waals surface area contributed by atoms with Gasteiger partial charge in [0.15, 0.2) is 0 Å². The molecule has 0 bridgehead atoms. The van der Waals surface area contributed by atoms with Crippen LogP contribution in [0.3, 0.4) is 0 Å². The quantitative estimate of drug-likeness (QED) is 0.225. The molecule has 4 aromatic rings. The highest BCUT2D eigenvalue weighted by molar-refractivity contribution is 9.10. The summed E-state index contributed by atoms with van der Waals surface area (Å²) in [6, 6.07) is 11.8. The Kier molecular flexibility index (Phi) is 7.96. The summed E-state index contributed by atoms with van der Waals surface area (Å²) in [6.45, 7) is 8.57. The van der Waals surface area contributed by atoms with Crippen LogP contribution in [0.5, 0.6) is 5.75 Å². The highest BCUT2D eigenvalue weighted by Crippen LogP contribution is 2.45. The highest BCUT2D eigenvalue weighted by atomic mass is 79.9. The number of fused-ring (bicyclic) bond motifs is 2. The van der Waals surface area contributed by atoms with Crippen molar-refractivity contribution in [2.45, 2.75) is 71.3 Å². The van der Waals surface area contributed by atoms with Crippen molar-refractivity contribution in [3.63, 3.8) is 0 Å². The molecule has 3 heterocycles. The lowest BCUT2D eigenvalue weighted by Crippen LogP contribution is -2.54. The van der Waals surface area contributed by atoms with Gasteiger partial charge in [0.1, 0.15) is 17.5 Å². The summed E-state index contributed by atoms with van der Waals surface area (Å²) in [5, 5.41) is 4.91. The number of alkyl carbamates (subject to hydrolysis) is 1. The Morgan fingerprint density at radius 1 is 1.14 bits per heavy atom. The SMILES string of the molecule is COc1cc(C(=O)N2C[C@H](F)C[C@@H](NC(=O)OC(C)(C)C)C2)cc2sc(-c3cc4ccc(Br)cc4n3CC3CC3)c(C)c12. The molecule has 1 aliphatic heterocycles. The number of ether oxygens (including phenoxy) is 2. The predicted octanol–water partition coefficient (Wildman–Crippen LogP) is 8.09. The molecule has 1 aliphatic carbocycles. The number of hydrogen-bond donors (Lipinski definition) is 1. The van der Waals surface area contributed by atoms with E-state index in [-0.39, 0.29) is 25.4 Å². The number of alkyl halides is 1. The van der Waals surface area contributed by atoms with E-state index in [9.17, 15) is 14.0 Å². The minimum absolute atomic E-state index is 0.0305. The maximum Gasteiger partial charge on any atom is 0.407 e. The largest absolute Gasteiger partial charge is 0.496 e. The van der Waals surface area contributed by atoms with Gasteiger partial charge in [0.25, 0.3) is 5.91 Å². The Morgan fingerprint density at radius 3 is 2.60 bits per heavy atom. The zero-order valence-corrected chi connectivity index (χ0v) is 27.5. The van der Waals surface area contributed by atoms with Crippen LogP contribution in [0.2, 0.25) is 0 Å². The Balaban J connectivity index is 1.34. The number of rotatable bonds is 6. The number of carbonyl (C=O) groups is 2. The summed E-state index contributed by atoms with van der Waals surface area (Å²) >= 11 is 5.30. The lowest BCUT2D eigenvalue weighted by Gasteiger charge is -2.35. The Labute approximate surface area is 263 Å². The van der Waals surface area contributed by atoms with Crippen LogP contribution < -0.4 is 10.1 Å². The van der Waals surface area contributed by atoms with Gasteiger partial charge in [0.05, 0.1) is 30.3 Å². The number of nitrogens with zero attached hydrogens (tertiary/aromatic N) is 2. The summed E-state index contributed by atoms with van der Waals surface area (Å²) in [6.07, 6.45) is 0.761. The third-order valence-corrected chi connectivity index (χ3v) is 9.86. The first kappa shape index (κ1) is 29.9. The topological polar surface area (TPSA) is 72.8 Å². The minimum atomic E-state index is -1.26. The van der Waals surface area contributed by atoms with Gasteiger partial charge in [0.2, 0.25) is 0 Å². The van der Waals surface area contributed by atoms with E-state index in [1.807, 2.05) is 6.07 Å². The zero-order chi connectivity index (χ0) is 30.6. The fraction of sp³-hybridized carbons (Fsp3) is 0.455. The normalized spacial score (nSPS) is 19.2. The monoisotopic (exact) mass is 669 g/mol. The summed E-state index contributed by atoms with van der Waals surface area (Å²) in [5.74, 6) is 1.02. The number of hydrogen-bond acceptors (Lipinski definition) is 5. The average molecular weight is 671 g/mol. The van der Waals surface area contributed by atoms with Crippen LogP contribution in [-0.2, 0) is 11.3 Å². The molecule has 10 heteroatoms. The lowest BCUT2D eigenvalue weighted by atomic mass is 10.0. The van der Waals surface area contributed by atoms with Crippen LogP contribution in [0.4, 0.5) is 9.18 Å². The Hall–Kier alpha value is -3.11. The number of aromatic nitrogens is 1. The smallest absolute Gasteiger partial charge is 0.407 e. The van der Waals surface area contributed by atoms with Crippen molar-refractivity contribution < 1.29 is 23.5 Å². The molecule has 1 saturated carbocycles. The molecule has 0 unspecified atom stereocenters. The molecule has 2 aliphatic rings. The average Bonchev–Trinajstić information content (AvgIpc) is 3.60. The van der Waals surface area contributed by atoms with Crippen molar-refractivity contribution in [3.05, 3.63) is 52.0 Å². The summed E-state index contributed by atoms with van der Waals surface area (Å²) < 4.78 is 30.4. The number of halogens is 2. The van der Waals surface area contributed by atoms with Gasteiger partial charge >= 0.3 is 6.09 Å². The third kappa shape index (κ3) is 6.27. The number of methoxy groups -OCH3 is 1. The number of aryl methyl sites for hydroxylation is 1. The van der Waals surface area contributed by atoms with Crippen molar-refractivity contribution in [3.8, 4) is 16.3 Å². The van der Waals surface area contributed by atoms with Crippen molar-refractivity contribution in [2.24, 2.45) is 5.92 Å². The van der Waals surface area contributed by atoms with Crippen LogP contribution in [0.1, 0.15) is 56.0 Å². The minimum Gasteiger partial charge on any atom is -0.496 e. The molecule has 2 fully saturated rings. The number of amides is 2. The lowest BCUT2D eigenvalue weighted by molar-refractivity contribution is 0.0394. The zero-order valence-electron chi connectivity index (χ0n) is 25.1. The molecule has 228 valence electrons. The molecule has 0 radical (unpaired) electrons. The second-order valence-electron chi connectivity index (χ2n) is 12.8. The molecular weight excluding hydrogens is 633 g/mol. The molecule has 2 aromatic heterocycles. The molecule has 2 amide bonds. The Morgan fingerprint density at radius 2 is 1.91 bits per heavy atom. The molecule has 43 heavy (non-hydrogen) atoms. The molecule has 1 N–H and O–H groups in total. The first-order chi connectivity index (χ1) is 20.4. The van der Waals surface area contributed by atoms with Gasteiger partial charge in [-0.25, -0.2) is 9.18 Å². The van der Waals surface area contributed by atoms with E-state index in [2.05, 4.69) is 57.0 Å². The summed E-state index contributed by atoms with van der Waals surface area (Å²) in [4.78, 5) is 28.7. The van der Waals surface area contributed by atoms with Crippen LogP contribution in [-0.4, -0.2) is 59.5 Å². The summed E-state index contributed by atoms with van der Waals surface area (Å²) in [5.41, 5.74) is 3.25. The number of nitrogens with one attached hydrogen (secondary N) is 1. The number of thiophene rings is 1. The van der Waals surface area contributed by atoms with Gasteiger partial charge in [-0.15, -0.1) is 11.3 Å². The van der Waals surface area contributed by atoms with E-state index in [1.165, 1.54) is 34.3 Å². The van der Waals surface area contributed by atoms with E-state index in [0.717, 1.165) is 31.5 Å². The second kappa shape index (κ2) is 11.4. The second-order valence-corrected chi connectivity index (χ2v) is 14.7. The number of likely N-dealkylation sites (tertiary alicyclic amines) is 1. The Bertz CT molecular complexity index is 1720. The van der Waals surface area contributed by atoms with Crippen LogP contribution in [0, 0.1) is 12.8 Å². The van der Waals surface area contributed by atoms with Crippen LogP contribution in [0.25, 0.3) is 31.6 Å². The van der Waals surface area contributed by atoms with E-state index >= 15 is 0 Å². The maximum atomic E-state index is 14.8. The fourth-order valence-corrected chi connectivity index (χ4v) is 7.64. The van der Waals surface area contributed by atoms with Gasteiger partial charge in [-0.05, 0) is 82.3 Å². The van der Waals surface area contributed by atoms with Gasteiger partial charge in [-0.2, -0.15) is 0 Å². The van der Waals surface area contributed by atoms with Crippen molar-refractivity contribution in [1.29, 1.82) is 0 Å². The molecule has 2 aromatic carbocycles. The predicted molar refractivity (Wildman–Crippen MR) is 173 cm³/mol. The third-order valence-electron chi connectivity index (χ3n) is 8.10. The van der Waals surface area contributed by atoms with E-state index in [0.29, 0.717) is 17.2 Å². The van der Waals surface area contributed by atoms with Crippen molar-refractivity contribution >= 4 is 60.3 Å². The van der Waals surface area contributed by atoms with Crippen LogP contribution >= 0.6 is 27.3 Å². The maximum absolute atomic E-state index is 14.8. The van der Waals surface area contributed by atoms with E-state index < -0.39 is 23.9 Å². The first-order valence-corrected chi connectivity index (χ1v) is 16.3. The van der Waals surface area contributed by atoms with Crippen molar-refractivity contribution in [2.75, 3.05) is 20.2 Å². The fourth-order valence-electron chi connectivity index (χ4n) is 6.00. The van der Waals surface area contributed by atoms with Crippen LogP contribution in [0.15, 0.2) is 40.9 Å². The van der Waals surface area contributed by atoms with Gasteiger partial charge in [-0.1, -0.05) is 22.0 Å². The molecule has 1 saturated heterocycles. The van der Waals surface area contributed by atoms with Gasteiger partial charge in [-0.3, -0.25) is 4.79 Å². The van der Waals surface area contributed by atoms with E-state index in [4.69, 9.17) is 9.47 Å². The van der Waals surface area contributed by atoms with E-state index in [1.54, 1.807) is 45.3 Å². The van der Waals surface area contributed by atoms with Crippen molar-refractivity contribution in [1.82, 2.24) is 14.8 Å². The summed E-state index contributed by atoms with van der Waals surface area (Å²) in [7, 11) is 1.61. The van der Waals surface area contributed by atoms with Gasteiger partial charge in [0, 0.05) is 50.5 Å².